The van der Waals surface area contributed by atoms with Gasteiger partial charge in [0.25, 0.3) is 0 Å². The van der Waals surface area contributed by atoms with Crippen LogP contribution in [0.4, 0.5) is 10.6 Å². The first-order valence-electron chi connectivity index (χ1n) is 8.81. The standard InChI is InChI=1S/C19H25N5O2/c1-19(2,3)26-18(25)21-10-6-7-11-24-12-22-15-16(24)13-8-4-5-9-14(13)23-17(15)20/h4-5,8-9,12H,6-7,10-11H2,1-3H3,(H2,20,23)(H,21,25). The molecule has 0 spiro atoms. The lowest BCUT2D eigenvalue weighted by Gasteiger charge is -2.19. The second-order valence-corrected chi connectivity index (χ2v) is 7.29. The Balaban J connectivity index is 1.63. The quantitative estimate of drug-likeness (QED) is 0.683. The monoisotopic (exact) mass is 355 g/mol. The highest BCUT2D eigenvalue weighted by Gasteiger charge is 2.15. The number of nitrogens with zero attached hydrogens (tertiary/aromatic N) is 3. The first-order valence-corrected chi connectivity index (χ1v) is 8.81. The van der Waals surface area contributed by atoms with Crippen molar-refractivity contribution in [3.05, 3.63) is 30.6 Å². The summed E-state index contributed by atoms with van der Waals surface area (Å²) < 4.78 is 7.32. The van der Waals surface area contributed by atoms with Crippen molar-refractivity contribution in [3.63, 3.8) is 0 Å². The molecule has 3 rings (SSSR count). The number of nitrogens with one attached hydrogen (secondary N) is 1. The Hall–Kier alpha value is -2.83. The Morgan fingerprint density at radius 3 is 2.81 bits per heavy atom. The van der Waals surface area contributed by atoms with Gasteiger partial charge in [0.05, 0.1) is 17.4 Å². The summed E-state index contributed by atoms with van der Waals surface area (Å²) >= 11 is 0. The Morgan fingerprint density at radius 2 is 2.04 bits per heavy atom. The lowest BCUT2D eigenvalue weighted by molar-refractivity contribution is 0.0527. The molecular formula is C19H25N5O2. The van der Waals surface area contributed by atoms with E-state index in [4.69, 9.17) is 10.5 Å². The maximum atomic E-state index is 11.6. The van der Waals surface area contributed by atoms with Crippen molar-refractivity contribution in [1.82, 2.24) is 19.9 Å². The number of benzene rings is 1. The number of alkyl carbamates (subject to hydrolysis) is 1. The number of imidazole rings is 1. The molecule has 1 amide bonds. The number of anilines is 1. The van der Waals surface area contributed by atoms with Crippen LogP contribution in [0.15, 0.2) is 30.6 Å². The molecule has 2 heterocycles. The molecule has 2 aromatic heterocycles. The molecule has 0 aliphatic rings. The molecule has 0 aliphatic heterocycles. The molecule has 26 heavy (non-hydrogen) atoms. The van der Waals surface area contributed by atoms with Crippen LogP contribution in [0.25, 0.3) is 21.9 Å². The zero-order chi connectivity index (χ0) is 18.7. The normalized spacial score (nSPS) is 11.8. The molecule has 3 aromatic rings. The Bertz CT molecular complexity index is 927. The van der Waals surface area contributed by atoms with Crippen molar-refractivity contribution < 1.29 is 9.53 Å². The third-order valence-corrected chi connectivity index (χ3v) is 3.97. The molecule has 138 valence electrons. The highest BCUT2D eigenvalue weighted by molar-refractivity contribution is 6.06. The van der Waals surface area contributed by atoms with Gasteiger partial charge in [-0.1, -0.05) is 18.2 Å². The van der Waals surface area contributed by atoms with E-state index >= 15 is 0 Å². The van der Waals surface area contributed by atoms with Crippen LogP contribution < -0.4 is 11.1 Å². The molecule has 0 aliphatic carbocycles. The third kappa shape index (κ3) is 4.04. The number of nitrogen functional groups attached to an aromatic ring is 1. The Labute approximate surface area is 152 Å². The maximum Gasteiger partial charge on any atom is 0.407 e. The Morgan fingerprint density at radius 1 is 1.27 bits per heavy atom. The minimum absolute atomic E-state index is 0.379. The highest BCUT2D eigenvalue weighted by atomic mass is 16.6. The lowest BCUT2D eigenvalue weighted by atomic mass is 10.2. The van der Waals surface area contributed by atoms with E-state index in [1.807, 2.05) is 45.0 Å². The van der Waals surface area contributed by atoms with Crippen molar-refractivity contribution in [2.45, 2.75) is 45.8 Å². The van der Waals surface area contributed by atoms with Crippen LogP contribution in [0.3, 0.4) is 0 Å². The summed E-state index contributed by atoms with van der Waals surface area (Å²) in [6.07, 6.45) is 3.17. The van der Waals surface area contributed by atoms with Gasteiger partial charge in [0, 0.05) is 18.5 Å². The molecule has 0 saturated heterocycles. The summed E-state index contributed by atoms with van der Waals surface area (Å²) in [7, 11) is 0. The number of aromatic nitrogens is 3. The van der Waals surface area contributed by atoms with Crippen molar-refractivity contribution in [1.29, 1.82) is 0 Å². The van der Waals surface area contributed by atoms with Gasteiger partial charge in [0.2, 0.25) is 0 Å². The summed E-state index contributed by atoms with van der Waals surface area (Å²) in [6, 6.07) is 7.92. The first kappa shape index (κ1) is 18.0. The smallest absolute Gasteiger partial charge is 0.407 e. The van der Waals surface area contributed by atoms with E-state index in [1.54, 1.807) is 6.33 Å². The van der Waals surface area contributed by atoms with Crippen LogP contribution in [0, 0.1) is 0 Å². The highest BCUT2D eigenvalue weighted by Crippen LogP contribution is 2.27. The topological polar surface area (TPSA) is 95.1 Å². The fourth-order valence-electron chi connectivity index (χ4n) is 2.89. The Kier molecular flexibility index (Phi) is 4.97. The zero-order valence-corrected chi connectivity index (χ0v) is 15.5. The molecule has 3 N–H and O–H groups in total. The average molecular weight is 355 g/mol. The second-order valence-electron chi connectivity index (χ2n) is 7.29. The summed E-state index contributed by atoms with van der Waals surface area (Å²) in [6.45, 7) is 6.91. The molecule has 1 aromatic carbocycles. The molecule has 7 heteroatoms. The lowest BCUT2D eigenvalue weighted by Crippen LogP contribution is -2.33. The number of aryl methyl sites for hydroxylation is 1. The van der Waals surface area contributed by atoms with Gasteiger partial charge in [-0.05, 0) is 39.7 Å². The van der Waals surface area contributed by atoms with E-state index in [2.05, 4.69) is 19.9 Å². The van der Waals surface area contributed by atoms with E-state index in [9.17, 15) is 4.79 Å². The molecular weight excluding hydrogens is 330 g/mol. The number of carbonyl (C=O) groups excluding carboxylic acids is 1. The van der Waals surface area contributed by atoms with Crippen molar-refractivity contribution >= 4 is 33.8 Å². The van der Waals surface area contributed by atoms with Crippen LogP contribution in [0.1, 0.15) is 33.6 Å². The van der Waals surface area contributed by atoms with Crippen LogP contribution in [-0.2, 0) is 11.3 Å². The van der Waals surface area contributed by atoms with E-state index in [0.29, 0.717) is 12.4 Å². The minimum Gasteiger partial charge on any atom is -0.444 e. The molecule has 0 saturated carbocycles. The minimum atomic E-state index is -0.477. The molecule has 0 unspecified atom stereocenters. The summed E-state index contributed by atoms with van der Waals surface area (Å²) in [5.74, 6) is 0.448. The van der Waals surface area contributed by atoms with Crippen LogP contribution in [0.2, 0.25) is 0 Å². The predicted molar refractivity (Wildman–Crippen MR) is 103 cm³/mol. The number of unbranched alkanes of at least 4 members (excludes halogenated alkanes) is 1. The molecule has 0 atom stereocenters. The largest absolute Gasteiger partial charge is 0.444 e. The number of nitrogens with two attached hydrogens (primary N) is 1. The average Bonchev–Trinajstić information content (AvgIpc) is 2.98. The third-order valence-electron chi connectivity index (χ3n) is 3.97. The predicted octanol–water partition coefficient (Wildman–Crippen LogP) is 3.47. The number of hydrogen-bond acceptors (Lipinski definition) is 5. The van der Waals surface area contributed by atoms with Crippen molar-refractivity contribution in [2.24, 2.45) is 0 Å². The first-order chi connectivity index (χ1) is 12.3. The molecule has 0 fully saturated rings. The van der Waals surface area contributed by atoms with Gasteiger partial charge in [-0.2, -0.15) is 0 Å². The number of pyridine rings is 1. The molecule has 7 nitrogen and oxygen atoms in total. The van der Waals surface area contributed by atoms with Gasteiger partial charge in [0.1, 0.15) is 11.1 Å². The number of hydrogen-bond donors (Lipinski definition) is 2. The number of amides is 1. The fourth-order valence-corrected chi connectivity index (χ4v) is 2.89. The van der Waals surface area contributed by atoms with Crippen molar-refractivity contribution in [2.75, 3.05) is 12.3 Å². The number of carbonyl (C=O) groups is 1. The van der Waals surface area contributed by atoms with Crippen LogP contribution in [0.5, 0.6) is 0 Å². The number of rotatable bonds is 5. The van der Waals surface area contributed by atoms with Gasteiger partial charge in [-0.25, -0.2) is 14.8 Å². The van der Waals surface area contributed by atoms with Gasteiger partial charge >= 0.3 is 6.09 Å². The van der Waals surface area contributed by atoms with E-state index in [-0.39, 0.29) is 6.09 Å². The van der Waals surface area contributed by atoms with Gasteiger partial charge in [-0.15, -0.1) is 0 Å². The summed E-state index contributed by atoms with van der Waals surface area (Å²) in [5.41, 5.74) is 8.18. The van der Waals surface area contributed by atoms with Gasteiger partial charge in [-0.3, -0.25) is 0 Å². The second kappa shape index (κ2) is 7.19. The molecule has 0 bridgehead atoms. The maximum absolute atomic E-state index is 11.6. The van der Waals surface area contributed by atoms with E-state index < -0.39 is 5.60 Å². The fraction of sp³-hybridized carbons (Fsp3) is 0.421. The number of ether oxygens (including phenoxy) is 1. The zero-order valence-electron chi connectivity index (χ0n) is 15.5. The van der Waals surface area contributed by atoms with Gasteiger partial charge < -0.3 is 20.4 Å². The van der Waals surface area contributed by atoms with E-state index in [1.165, 1.54) is 0 Å². The summed E-state index contributed by atoms with van der Waals surface area (Å²) in [4.78, 5) is 20.5. The number of fused-ring (bicyclic) bond motifs is 3. The van der Waals surface area contributed by atoms with Crippen LogP contribution in [-0.4, -0.2) is 32.8 Å². The van der Waals surface area contributed by atoms with Gasteiger partial charge in [0.15, 0.2) is 5.82 Å². The van der Waals surface area contributed by atoms with Crippen molar-refractivity contribution in [3.8, 4) is 0 Å². The van der Waals surface area contributed by atoms with Crippen LogP contribution >= 0.6 is 0 Å². The summed E-state index contributed by atoms with van der Waals surface area (Å²) in [5, 5.41) is 3.82. The van der Waals surface area contributed by atoms with E-state index in [0.717, 1.165) is 41.3 Å². The molecule has 0 radical (unpaired) electrons. The SMILES string of the molecule is CC(C)(C)OC(=O)NCCCCn1cnc2c(N)nc3ccccc3c21. The number of para-hydroxylation sites is 1.